The molecular formula is C14H11N2O5S-. The molecule has 0 heterocycles. The number of carbonyl (C=O) groups is 1. The molecule has 7 nitrogen and oxygen atoms in total. The van der Waals surface area contributed by atoms with Crippen LogP contribution in [0.3, 0.4) is 0 Å². The first-order chi connectivity index (χ1) is 10.3. The molecule has 0 aromatic heterocycles. The molecule has 0 amide bonds. The van der Waals surface area contributed by atoms with E-state index in [1.807, 2.05) is 0 Å². The minimum absolute atomic E-state index is 0.0332. The summed E-state index contributed by atoms with van der Waals surface area (Å²) in [5.74, 6) is -0.236. The highest BCUT2D eigenvalue weighted by Crippen LogP contribution is 2.32. The van der Waals surface area contributed by atoms with Crippen molar-refractivity contribution in [3.8, 4) is 0 Å². The van der Waals surface area contributed by atoms with E-state index in [1.54, 1.807) is 0 Å². The van der Waals surface area contributed by atoms with E-state index >= 15 is 0 Å². The van der Waals surface area contributed by atoms with Gasteiger partial charge in [0.15, 0.2) is 5.78 Å². The van der Waals surface area contributed by atoms with Gasteiger partial charge in [-0.2, -0.15) is 0 Å². The van der Waals surface area contributed by atoms with Gasteiger partial charge >= 0.3 is 0 Å². The van der Waals surface area contributed by atoms with E-state index in [0.717, 1.165) is 12.1 Å². The predicted molar refractivity (Wildman–Crippen MR) is 79.7 cm³/mol. The van der Waals surface area contributed by atoms with Crippen LogP contribution in [0.2, 0.25) is 0 Å². The van der Waals surface area contributed by atoms with Crippen molar-refractivity contribution in [2.24, 2.45) is 0 Å². The van der Waals surface area contributed by atoms with E-state index in [2.05, 4.69) is 4.72 Å². The fourth-order valence-corrected chi connectivity index (χ4v) is 2.94. The highest BCUT2D eigenvalue weighted by Gasteiger charge is 2.19. The summed E-state index contributed by atoms with van der Waals surface area (Å²) in [5, 5.41) is 10.9. The average Bonchev–Trinajstić information content (AvgIpc) is 2.47. The molecule has 2 aromatic carbocycles. The number of nitrogens with zero attached hydrogens (tertiary/aromatic N) is 2. The number of carbonyl (C=O) groups excluding carboxylic acids is 1. The summed E-state index contributed by atoms with van der Waals surface area (Å²) in [6.45, 7) is 1.34. The van der Waals surface area contributed by atoms with Gasteiger partial charge in [0.1, 0.15) is 14.9 Å². The topological polar surface area (TPSA) is 108 Å². The van der Waals surface area contributed by atoms with Crippen molar-refractivity contribution in [3.63, 3.8) is 0 Å². The molecule has 0 saturated heterocycles. The molecule has 114 valence electrons. The van der Waals surface area contributed by atoms with Crippen molar-refractivity contribution < 1.29 is 18.1 Å². The lowest BCUT2D eigenvalue weighted by Crippen LogP contribution is -2.03. The van der Waals surface area contributed by atoms with Gasteiger partial charge < -0.3 is 4.72 Å². The molecule has 0 aliphatic rings. The number of hydrogen-bond donors (Lipinski definition) is 0. The maximum Gasteiger partial charge on any atom is 0.286 e. The second kappa shape index (κ2) is 5.94. The zero-order valence-corrected chi connectivity index (χ0v) is 12.3. The van der Waals surface area contributed by atoms with Crippen LogP contribution in [0.15, 0.2) is 53.4 Å². The van der Waals surface area contributed by atoms with E-state index in [0.29, 0.717) is 5.56 Å². The number of benzene rings is 2. The highest BCUT2D eigenvalue weighted by atomic mass is 32.2. The van der Waals surface area contributed by atoms with Crippen molar-refractivity contribution in [2.45, 2.75) is 11.8 Å². The minimum Gasteiger partial charge on any atom is -0.572 e. The van der Waals surface area contributed by atoms with E-state index in [-0.39, 0.29) is 11.5 Å². The fourth-order valence-electron chi connectivity index (χ4n) is 1.80. The van der Waals surface area contributed by atoms with E-state index in [1.165, 1.54) is 43.3 Å². The number of nitro groups is 1. The molecule has 0 N–H and O–H groups in total. The largest absolute Gasteiger partial charge is 0.572 e. The number of nitro benzene ring substituents is 1. The van der Waals surface area contributed by atoms with Gasteiger partial charge in [-0.05, 0) is 13.0 Å². The predicted octanol–water partition coefficient (Wildman–Crippen LogP) is 3.19. The average molecular weight is 319 g/mol. The van der Waals surface area contributed by atoms with Gasteiger partial charge in [0, 0.05) is 11.6 Å². The van der Waals surface area contributed by atoms with Gasteiger partial charge in [0.05, 0.1) is 4.92 Å². The van der Waals surface area contributed by atoms with Crippen LogP contribution in [-0.2, 0) is 10.0 Å². The molecule has 0 spiro atoms. The smallest absolute Gasteiger partial charge is 0.286 e. The Labute approximate surface area is 126 Å². The summed E-state index contributed by atoms with van der Waals surface area (Å²) in [6.07, 6.45) is 0. The normalized spacial score (nSPS) is 11.0. The lowest BCUT2D eigenvalue weighted by molar-refractivity contribution is -0.387. The van der Waals surface area contributed by atoms with Crippen molar-refractivity contribution >= 4 is 27.2 Å². The number of hydrogen-bond acceptors (Lipinski definition) is 5. The molecule has 0 unspecified atom stereocenters. The summed E-state index contributed by atoms with van der Waals surface area (Å²) < 4.78 is 28.1. The third-order valence-corrected chi connectivity index (χ3v) is 4.17. The van der Waals surface area contributed by atoms with Gasteiger partial charge in [0.2, 0.25) is 0 Å². The zero-order valence-electron chi connectivity index (χ0n) is 11.5. The van der Waals surface area contributed by atoms with Crippen LogP contribution in [0.4, 0.5) is 11.4 Å². The third-order valence-electron chi connectivity index (χ3n) is 2.82. The second-order valence-corrected chi connectivity index (χ2v) is 5.97. The van der Waals surface area contributed by atoms with E-state index < -0.39 is 25.5 Å². The van der Waals surface area contributed by atoms with Crippen LogP contribution >= 0.6 is 0 Å². The van der Waals surface area contributed by atoms with Gasteiger partial charge in [0.25, 0.3) is 5.69 Å². The van der Waals surface area contributed by atoms with Crippen molar-refractivity contribution in [3.05, 3.63) is 68.9 Å². The Hall–Kier alpha value is -2.74. The van der Waals surface area contributed by atoms with Crippen LogP contribution in [-0.4, -0.2) is 19.1 Å². The Balaban J connectivity index is 2.43. The number of ketones is 1. The summed E-state index contributed by atoms with van der Waals surface area (Å²) in [4.78, 5) is 20.9. The molecule has 8 heteroatoms. The van der Waals surface area contributed by atoms with Crippen molar-refractivity contribution in [2.75, 3.05) is 0 Å². The van der Waals surface area contributed by atoms with Crippen LogP contribution in [0.5, 0.6) is 0 Å². The van der Waals surface area contributed by atoms with Crippen molar-refractivity contribution in [1.29, 1.82) is 0 Å². The molecule has 0 atom stereocenters. The van der Waals surface area contributed by atoms with E-state index in [4.69, 9.17) is 0 Å². The maximum absolute atomic E-state index is 12.3. The Morgan fingerprint density at radius 3 is 2.45 bits per heavy atom. The monoisotopic (exact) mass is 319 g/mol. The lowest BCUT2D eigenvalue weighted by Gasteiger charge is -2.22. The summed E-state index contributed by atoms with van der Waals surface area (Å²) in [7, 11) is -4.26. The number of Topliss-reactive ketones (excluding diaryl/α,β-unsaturated/α-hetero) is 1. The molecular weight excluding hydrogens is 308 g/mol. The third kappa shape index (κ3) is 3.29. The van der Waals surface area contributed by atoms with Crippen LogP contribution in [0.1, 0.15) is 17.3 Å². The highest BCUT2D eigenvalue weighted by molar-refractivity contribution is 7.94. The second-order valence-electron chi connectivity index (χ2n) is 4.40. The first-order valence-electron chi connectivity index (χ1n) is 6.14. The van der Waals surface area contributed by atoms with Crippen LogP contribution in [0.25, 0.3) is 4.72 Å². The SMILES string of the molecule is CC(=O)c1cccc([N-]S(=O)(=O)c2ccccc2[N+](=O)[O-])c1. The molecule has 2 aromatic rings. The Morgan fingerprint density at radius 2 is 1.82 bits per heavy atom. The molecule has 0 saturated carbocycles. The molecule has 2 rings (SSSR count). The minimum atomic E-state index is -4.26. The van der Waals surface area contributed by atoms with Crippen LogP contribution < -0.4 is 0 Å². The number of para-hydroxylation sites is 1. The summed E-state index contributed by atoms with van der Waals surface area (Å²) >= 11 is 0. The van der Waals surface area contributed by atoms with Crippen LogP contribution in [0, 0.1) is 10.1 Å². The summed E-state index contributed by atoms with van der Waals surface area (Å²) in [5.41, 5.74) is -0.209. The fraction of sp³-hybridized carbons (Fsp3) is 0.0714. The van der Waals surface area contributed by atoms with Crippen molar-refractivity contribution in [1.82, 2.24) is 0 Å². The maximum atomic E-state index is 12.3. The number of rotatable bonds is 5. The van der Waals surface area contributed by atoms with E-state index in [9.17, 15) is 23.3 Å². The standard InChI is InChI=1S/C14H11N2O5S/c1-10(17)11-5-4-6-12(9-11)15-22(20,21)14-8-3-2-7-13(14)16(18)19/h2-9H,1H3/q-1. The Bertz CT molecular complexity index is 846. The number of sulfonamides is 1. The summed E-state index contributed by atoms with van der Waals surface area (Å²) in [6, 6.07) is 10.7. The zero-order chi connectivity index (χ0) is 16.3. The lowest BCUT2D eigenvalue weighted by atomic mass is 10.1. The molecule has 0 bridgehead atoms. The molecule has 0 radical (unpaired) electrons. The van der Waals surface area contributed by atoms with Gasteiger partial charge in [-0.1, -0.05) is 36.4 Å². The Morgan fingerprint density at radius 1 is 1.14 bits per heavy atom. The van der Waals surface area contributed by atoms with Gasteiger partial charge in [-0.25, -0.2) is 8.42 Å². The van der Waals surface area contributed by atoms with Gasteiger partial charge in [-0.15, -0.1) is 5.69 Å². The first kappa shape index (κ1) is 15.6. The molecule has 0 aliphatic carbocycles. The quantitative estimate of drug-likeness (QED) is 0.477. The Kier molecular flexibility index (Phi) is 4.22. The molecule has 22 heavy (non-hydrogen) atoms. The van der Waals surface area contributed by atoms with Gasteiger partial charge in [-0.3, -0.25) is 14.9 Å². The first-order valence-corrected chi connectivity index (χ1v) is 7.58. The molecule has 0 aliphatic heterocycles. The molecule has 0 fully saturated rings.